The topological polar surface area (TPSA) is 61.7 Å². The molecule has 0 unspecified atom stereocenters. The summed E-state index contributed by atoms with van der Waals surface area (Å²) in [5, 5.41) is 16.8. The fraction of sp³-hybridized carbons (Fsp3) is 1.00. The first-order valence-electron chi connectivity index (χ1n) is 2.36. The fourth-order valence-corrected chi connectivity index (χ4v) is 0.244. The van der Waals surface area contributed by atoms with Crippen LogP contribution in [0.3, 0.4) is 0 Å². The molecule has 0 radical (unpaired) electrons. The van der Waals surface area contributed by atoms with Gasteiger partial charge in [0.1, 0.15) is 0 Å². The minimum absolute atomic E-state index is 0.240. The minimum Gasteiger partial charge on any atom is -0.394 e. The van der Waals surface area contributed by atoms with E-state index in [2.05, 4.69) is 10.3 Å². The largest absolute Gasteiger partial charge is 0.394 e. The van der Waals surface area contributed by atoms with Gasteiger partial charge in [0.05, 0.1) is 19.8 Å². The van der Waals surface area contributed by atoms with E-state index in [0.29, 0.717) is 0 Å². The van der Waals surface area contributed by atoms with Gasteiger partial charge in [0, 0.05) is 6.54 Å². The number of aliphatic hydroxyl groups excluding tert-OH is 2. The third-order valence-electron chi connectivity index (χ3n) is 0.674. The van der Waals surface area contributed by atoms with Crippen LogP contribution in [0.4, 0.5) is 0 Å². The van der Waals surface area contributed by atoms with E-state index in [-0.39, 0.29) is 13.2 Å². The number of hydroxylamine groups is 1. The summed E-state index contributed by atoms with van der Waals surface area (Å²) in [7, 11) is 1.45. The van der Waals surface area contributed by atoms with Crippen molar-refractivity contribution in [3.63, 3.8) is 0 Å². The summed E-state index contributed by atoms with van der Waals surface area (Å²) >= 11 is 0. The van der Waals surface area contributed by atoms with Crippen molar-refractivity contribution in [3.8, 4) is 0 Å². The van der Waals surface area contributed by atoms with Crippen molar-refractivity contribution in [2.24, 2.45) is 0 Å². The molecule has 0 aliphatic rings. The van der Waals surface area contributed by atoms with Crippen LogP contribution in [0, 0.1) is 0 Å². The van der Waals surface area contributed by atoms with Crippen LogP contribution in [0.25, 0.3) is 0 Å². The summed E-state index contributed by atoms with van der Waals surface area (Å²) in [6, 6.07) is 0. The van der Waals surface area contributed by atoms with Crippen LogP contribution in [0.15, 0.2) is 0 Å². The zero-order valence-corrected chi connectivity index (χ0v) is 4.79. The average molecular weight is 121 g/mol. The molecule has 0 aliphatic carbocycles. The Balaban J connectivity index is 2.86. The molecule has 0 saturated heterocycles. The van der Waals surface area contributed by atoms with Crippen LogP contribution in [-0.4, -0.2) is 36.6 Å². The zero-order valence-electron chi connectivity index (χ0n) is 4.79. The Kier molecular flexibility index (Phi) is 4.89. The van der Waals surface area contributed by atoms with E-state index < -0.39 is 6.10 Å². The molecule has 8 heavy (non-hydrogen) atoms. The van der Waals surface area contributed by atoms with Crippen molar-refractivity contribution in [1.29, 1.82) is 0 Å². The zero-order chi connectivity index (χ0) is 6.41. The Morgan fingerprint density at radius 1 is 1.75 bits per heavy atom. The molecule has 1 atom stereocenters. The second-order valence-corrected chi connectivity index (χ2v) is 1.39. The third-order valence-corrected chi connectivity index (χ3v) is 0.674. The quantitative estimate of drug-likeness (QED) is 0.396. The minimum atomic E-state index is -0.727. The van der Waals surface area contributed by atoms with Crippen molar-refractivity contribution >= 4 is 0 Å². The molecule has 4 heteroatoms. The van der Waals surface area contributed by atoms with Gasteiger partial charge in [-0.15, -0.1) is 0 Å². The SMILES string of the molecule is CONC[C@H](O)CO. The first kappa shape index (κ1) is 7.84. The Morgan fingerprint density at radius 3 is 2.75 bits per heavy atom. The van der Waals surface area contributed by atoms with E-state index in [9.17, 15) is 0 Å². The van der Waals surface area contributed by atoms with Crippen molar-refractivity contribution < 1.29 is 15.1 Å². The van der Waals surface area contributed by atoms with Crippen LogP contribution in [-0.2, 0) is 4.84 Å². The summed E-state index contributed by atoms with van der Waals surface area (Å²) < 4.78 is 0. The standard InChI is InChI=1S/C4H11NO3/c1-8-5-2-4(7)3-6/h4-7H,2-3H2,1H3/t4-/m0/s1. The summed E-state index contributed by atoms with van der Waals surface area (Å²) in [6.45, 7) is 0.0172. The molecule has 0 heterocycles. The van der Waals surface area contributed by atoms with Crippen LogP contribution < -0.4 is 5.48 Å². The molecule has 3 N–H and O–H groups in total. The molecule has 0 spiro atoms. The van der Waals surface area contributed by atoms with Gasteiger partial charge in [0.25, 0.3) is 0 Å². The molecule has 0 aromatic carbocycles. The highest BCUT2D eigenvalue weighted by atomic mass is 16.6. The maximum Gasteiger partial charge on any atom is 0.0918 e. The summed E-state index contributed by atoms with van der Waals surface area (Å²) in [6.07, 6.45) is -0.727. The van der Waals surface area contributed by atoms with Gasteiger partial charge in [-0.3, -0.25) is 0 Å². The van der Waals surface area contributed by atoms with Crippen molar-refractivity contribution in [1.82, 2.24) is 5.48 Å². The summed E-state index contributed by atoms with van der Waals surface area (Å²) in [5.74, 6) is 0. The molecule has 0 rings (SSSR count). The second-order valence-electron chi connectivity index (χ2n) is 1.39. The average Bonchev–Trinajstić information content (AvgIpc) is 1.83. The van der Waals surface area contributed by atoms with E-state index in [1.165, 1.54) is 7.11 Å². The fourth-order valence-electron chi connectivity index (χ4n) is 0.244. The van der Waals surface area contributed by atoms with Gasteiger partial charge >= 0.3 is 0 Å². The molecule has 0 aromatic rings. The molecule has 0 bridgehead atoms. The molecule has 0 aromatic heterocycles. The van der Waals surface area contributed by atoms with Crippen LogP contribution in [0.5, 0.6) is 0 Å². The molecule has 0 aliphatic heterocycles. The molecular weight excluding hydrogens is 110 g/mol. The number of aliphatic hydroxyl groups is 2. The van der Waals surface area contributed by atoms with E-state index in [1.807, 2.05) is 0 Å². The van der Waals surface area contributed by atoms with Gasteiger partial charge in [0.2, 0.25) is 0 Å². The number of hydrogen-bond acceptors (Lipinski definition) is 4. The van der Waals surface area contributed by atoms with Crippen molar-refractivity contribution in [3.05, 3.63) is 0 Å². The monoisotopic (exact) mass is 121 g/mol. The smallest absolute Gasteiger partial charge is 0.0918 e. The number of hydrogen-bond donors (Lipinski definition) is 3. The normalized spacial score (nSPS) is 13.9. The Morgan fingerprint density at radius 2 is 2.38 bits per heavy atom. The highest BCUT2D eigenvalue weighted by molar-refractivity contribution is 4.50. The number of rotatable bonds is 4. The lowest BCUT2D eigenvalue weighted by Gasteiger charge is -2.04. The molecule has 0 saturated carbocycles. The first-order valence-corrected chi connectivity index (χ1v) is 2.36. The molecule has 0 fully saturated rings. The van der Waals surface area contributed by atoms with Crippen LogP contribution >= 0.6 is 0 Å². The first-order chi connectivity index (χ1) is 3.81. The van der Waals surface area contributed by atoms with Crippen molar-refractivity contribution in [2.75, 3.05) is 20.3 Å². The van der Waals surface area contributed by atoms with Gasteiger partial charge in [-0.05, 0) is 0 Å². The predicted octanol–water partition coefficient (Wildman–Crippen LogP) is -1.51. The van der Waals surface area contributed by atoms with Crippen LogP contribution in [0.2, 0.25) is 0 Å². The third kappa shape index (κ3) is 4.01. The lowest BCUT2D eigenvalue weighted by Crippen LogP contribution is -2.28. The Labute approximate surface area is 48.0 Å². The Bertz CT molecular complexity index is 50.5. The van der Waals surface area contributed by atoms with Crippen molar-refractivity contribution in [2.45, 2.75) is 6.10 Å². The van der Waals surface area contributed by atoms with Gasteiger partial charge in [-0.2, -0.15) is 0 Å². The Hall–Kier alpha value is -0.160. The summed E-state index contributed by atoms with van der Waals surface area (Å²) in [5.41, 5.74) is 2.39. The van der Waals surface area contributed by atoms with Gasteiger partial charge in [0.15, 0.2) is 0 Å². The molecule has 50 valence electrons. The van der Waals surface area contributed by atoms with Gasteiger partial charge in [-0.1, -0.05) is 0 Å². The van der Waals surface area contributed by atoms with E-state index in [4.69, 9.17) is 10.2 Å². The van der Waals surface area contributed by atoms with E-state index in [1.54, 1.807) is 0 Å². The van der Waals surface area contributed by atoms with E-state index in [0.717, 1.165) is 0 Å². The summed E-state index contributed by atoms with van der Waals surface area (Å²) in [4.78, 5) is 4.39. The van der Waals surface area contributed by atoms with Gasteiger partial charge < -0.3 is 15.1 Å². The lowest BCUT2D eigenvalue weighted by atomic mass is 10.4. The number of nitrogens with one attached hydrogen (secondary N) is 1. The predicted molar refractivity (Wildman–Crippen MR) is 28.1 cm³/mol. The molecule has 4 nitrogen and oxygen atoms in total. The highest BCUT2D eigenvalue weighted by Crippen LogP contribution is 1.74. The molecular formula is C4H11NO3. The van der Waals surface area contributed by atoms with E-state index >= 15 is 0 Å². The highest BCUT2D eigenvalue weighted by Gasteiger charge is 1.97. The molecule has 0 amide bonds. The second kappa shape index (κ2) is 4.99. The van der Waals surface area contributed by atoms with Crippen LogP contribution in [0.1, 0.15) is 0 Å². The lowest BCUT2D eigenvalue weighted by molar-refractivity contribution is 0.0274. The maximum absolute atomic E-state index is 8.60. The van der Waals surface area contributed by atoms with Gasteiger partial charge in [-0.25, -0.2) is 5.48 Å². The maximum atomic E-state index is 8.60.